The third-order valence-corrected chi connectivity index (χ3v) is 4.22. The summed E-state index contributed by atoms with van der Waals surface area (Å²) in [5.74, 6) is 0.663. The van der Waals surface area contributed by atoms with Gasteiger partial charge in [-0.25, -0.2) is 0 Å². The lowest BCUT2D eigenvalue weighted by atomic mass is 10.1. The van der Waals surface area contributed by atoms with E-state index in [1.54, 1.807) is 19.2 Å². The summed E-state index contributed by atoms with van der Waals surface area (Å²) in [5.41, 5.74) is 1.13. The topological polar surface area (TPSA) is 55.4 Å². The maximum atomic E-state index is 11.9. The second-order valence-corrected chi connectivity index (χ2v) is 5.66. The Kier molecular flexibility index (Phi) is 5.11. The second-order valence-electron chi connectivity index (χ2n) is 4.57. The molecule has 0 atom stereocenters. The van der Waals surface area contributed by atoms with Crippen LogP contribution >= 0.6 is 11.3 Å². The van der Waals surface area contributed by atoms with Crippen LogP contribution in [0.5, 0.6) is 5.75 Å². The van der Waals surface area contributed by atoms with Gasteiger partial charge in [-0.1, -0.05) is 12.1 Å². The number of methoxy groups -OCH3 is 1. The van der Waals surface area contributed by atoms with Crippen LogP contribution < -0.4 is 10.1 Å². The minimum absolute atomic E-state index is 0.0164. The normalized spacial score (nSPS) is 10.2. The van der Waals surface area contributed by atoms with Crippen LogP contribution in [0.1, 0.15) is 31.8 Å². The number of ether oxygens (including phenoxy) is 1. The highest BCUT2D eigenvalue weighted by Gasteiger charge is 2.10. The van der Waals surface area contributed by atoms with Crippen molar-refractivity contribution >= 4 is 23.0 Å². The van der Waals surface area contributed by atoms with E-state index < -0.39 is 0 Å². The monoisotopic (exact) mass is 303 g/mol. The van der Waals surface area contributed by atoms with E-state index in [9.17, 15) is 9.59 Å². The largest absolute Gasteiger partial charge is 0.497 e. The summed E-state index contributed by atoms with van der Waals surface area (Å²) in [4.78, 5) is 24.3. The number of carbonyl (C=O) groups excluding carboxylic acids is 2. The molecule has 1 aromatic carbocycles. The van der Waals surface area contributed by atoms with E-state index in [1.165, 1.54) is 18.3 Å². The Morgan fingerprint density at radius 1 is 1.10 bits per heavy atom. The lowest BCUT2D eigenvalue weighted by Gasteiger charge is -2.05. The van der Waals surface area contributed by atoms with Crippen molar-refractivity contribution in [2.24, 2.45) is 0 Å². The number of thiophene rings is 1. The highest BCUT2D eigenvalue weighted by atomic mass is 32.1. The molecule has 2 rings (SSSR count). The zero-order chi connectivity index (χ0) is 15.2. The molecular weight excluding hydrogens is 286 g/mol. The van der Waals surface area contributed by atoms with Crippen molar-refractivity contribution in [1.82, 2.24) is 5.32 Å². The number of rotatable bonds is 6. The van der Waals surface area contributed by atoms with Gasteiger partial charge in [0.1, 0.15) is 5.75 Å². The lowest BCUT2D eigenvalue weighted by molar-refractivity contribution is 0.0957. The summed E-state index contributed by atoms with van der Waals surface area (Å²) < 4.78 is 5.10. The number of benzene rings is 1. The van der Waals surface area contributed by atoms with Crippen LogP contribution in [0, 0.1) is 0 Å². The molecule has 0 aliphatic heterocycles. The third-order valence-electron chi connectivity index (χ3n) is 3.04. The Bertz CT molecular complexity index is 631. The molecule has 0 saturated carbocycles. The van der Waals surface area contributed by atoms with Gasteiger partial charge in [0, 0.05) is 6.54 Å². The number of ketones is 1. The first-order valence-corrected chi connectivity index (χ1v) is 7.43. The molecule has 1 amide bonds. The average molecular weight is 303 g/mol. The molecule has 2 aromatic rings. The van der Waals surface area contributed by atoms with Crippen molar-refractivity contribution in [3.8, 4) is 5.75 Å². The summed E-state index contributed by atoms with van der Waals surface area (Å²) in [6, 6.07) is 11.1. The lowest BCUT2D eigenvalue weighted by Crippen LogP contribution is -2.24. The number of hydrogen-bond acceptors (Lipinski definition) is 4. The van der Waals surface area contributed by atoms with Crippen molar-refractivity contribution in [3.05, 3.63) is 51.7 Å². The zero-order valence-corrected chi connectivity index (χ0v) is 12.8. The number of Topliss-reactive ketones (excluding diaryl/α,β-unsaturated/α-hetero) is 1. The molecule has 0 spiro atoms. The minimum atomic E-state index is -0.138. The van der Waals surface area contributed by atoms with Gasteiger partial charge >= 0.3 is 0 Å². The Balaban J connectivity index is 1.84. The SMILES string of the molecule is COc1ccc(CCNC(=O)c2ccc(C(C)=O)s2)cc1. The summed E-state index contributed by atoms with van der Waals surface area (Å²) in [6.07, 6.45) is 0.751. The maximum Gasteiger partial charge on any atom is 0.261 e. The van der Waals surface area contributed by atoms with Crippen LogP contribution in [0.15, 0.2) is 36.4 Å². The Morgan fingerprint density at radius 2 is 1.76 bits per heavy atom. The molecular formula is C16H17NO3S. The van der Waals surface area contributed by atoms with Crippen molar-refractivity contribution in [3.63, 3.8) is 0 Å². The first-order chi connectivity index (χ1) is 10.1. The third kappa shape index (κ3) is 4.16. The first kappa shape index (κ1) is 15.3. The van der Waals surface area contributed by atoms with E-state index in [1.807, 2.05) is 24.3 Å². The Labute approximate surface area is 127 Å². The van der Waals surface area contributed by atoms with Gasteiger partial charge in [0.25, 0.3) is 5.91 Å². The summed E-state index contributed by atoms with van der Waals surface area (Å²) in [6.45, 7) is 2.05. The van der Waals surface area contributed by atoms with Crippen LogP contribution in [0.3, 0.4) is 0 Å². The van der Waals surface area contributed by atoms with E-state index in [0.29, 0.717) is 16.3 Å². The van der Waals surface area contributed by atoms with Gasteiger partial charge < -0.3 is 10.1 Å². The highest BCUT2D eigenvalue weighted by molar-refractivity contribution is 7.15. The van der Waals surface area contributed by atoms with E-state index >= 15 is 0 Å². The predicted molar refractivity (Wildman–Crippen MR) is 83.4 cm³/mol. The molecule has 1 N–H and O–H groups in total. The van der Waals surface area contributed by atoms with E-state index in [0.717, 1.165) is 17.7 Å². The Hall–Kier alpha value is -2.14. The van der Waals surface area contributed by atoms with Crippen molar-refractivity contribution in [2.75, 3.05) is 13.7 Å². The fourth-order valence-electron chi connectivity index (χ4n) is 1.85. The smallest absolute Gasteiger partial charge is 0.261 e. The number of amides is 1. The fourth-order valence-corrected chi connectivity index (χ4v) is 2.67. The van der Waals surface area contributed by atoms with E-state index in [4.69, 9.17) is 4.74 Å². The van der Waals surface area contributed by atoms with Gasteiger partial charge in [0.2, 0.25) is 0 Å². The van der Waals surface area contributed by atoms with Crippen LogP contribution in [0.25, 0.3) is 0 Å². The van der Waals surface area contributed by atoms with Crippen LogP contribution in [0.2, 0.25) is 0 Å². The maximum absolute atomic E-state index is 11.9. The summed E-state index contributed by atoms with van der Waals surface area (Å²) >= 11 is 1.22. The van der Waals surface area contributed by atoms with E-state index in [-0.39, 0.29) is 11.7 Å². The summed E-state index contributed by atoms with van der Waals surface area (Å²) in [5, 5.41) is 2.86. The molecule has 0 aliphatic rings. The molecule has 0 saturated heterocycles. The van der Waals surface area contributed by atoms with Crippen molar-refractivity contribution in [1.29, 1.82) is 0 Å². The molecule has 5 heteroatoms. The van der Waals surface area contributed by atoms with Gasteiger partial charge in [0.05, 0.1) is 16.9 Å². The van der Waals surface area contributed by atoms with Gasteiger partial charge in [-0.05, 0) is 43.2 Å². The molecule has 0 aliphatic carbocycles. The van der Waals surface area contributed by atoms with Crippen LogP contribution in [0.4, 0.5) is 0 Å². The van der Waals surface area contributed by atoms with Crippen molar-refractivity contribution in [2.45, 2.75) is 13.3 Å². The number of nitrogens with one attached hydrogen (secondary N) is 1. The zero-order valence-electron chi connectivity index (χ0n) is 12.0. The average Bonchev–Trinajstić information content (AvgIpc) is 2.98. The fraction of sp³-hybridized carbons (Fsp3) is 0.250. The van der Waals surface area contributed by atoms with Crippen molar-refractivity contribution < 1.29 is 14.3 Å². The van der Waals surface area contributed by atoms with Crippen LogP contribution in [-0.4, -0.2) is 25.3 Å². The van der Waals surface area contributed by atoms with E-state index in [2.05, 4.69) is 5.32 Å². The molecule has 0 bridgehead atoms. The molecule has 21 heavy (non-hydrogen) atoms. The predicted octanol–water partition coefficient (Wildman–Crippen LogP) is 2.93. The van der Waals surface area contributed by atoms with Gasteiger partial charge in [-0.3, -0.25) is 9.59 Å². The molecule has 1 aromatic heterocycles. The first-order valence-electron chi connectivity index (χ1n) is 6.62. The summed E-state index contributed by atoms with van der Waals surface area (Å²) in [7, 11) is 1.63. The highest BCUT2D eigenvalue weighted by Crippen LogP contribution is 2.17. The second kappa shape index (κ2) is 7.04. The standard InChI is InChI=1S/C16H17NO3S/c1-11(18)14-7-8-15(21-14)16(19)17-10-9-12-3-5-13(20-2)6-4-12/h3-8H,9-10H2,1-2H3,(H,17,19). The van der Waals surface area contributed by atoms with Gasteiger partial charge in [-0.15, -0.1) is 11.3 Å². The Morgan fingerprint density at radius 3 is 2.33 bits per heavy atom. The minimum Gasteiger partial charge on any atom is -0.497 e. The molecule has 4 nitrogen and oxygen atoms in total. The number of carbonyl (C=O) groups is 2. The van der Waals surface area contributed by atoms with Gasteiger partial charge in [-0.2, -0.15) is 0 Å². The molecule has 0 unspecified atom stereocenters. The van der Waals surface area contributed by atoms with Gasteiger partial charge in [0.15, 0.2) is 5.78 Å². The van der Waals surface area contributed by atoms with Crippen LogP contribution in [-0.2, 0) is 6.42 Å². The molecule has 0 fully saturated rings. The molecule has 1 heterocycles. The molecule has 110 valence electrons. The quantitative estimate of drug-likeness (QED) is 0.835. The number of hydrogen-bond donors (Lipinski definition) is 1. The molecule has 0 radical (unpaired) electrons.